The van der Waals surface area contributed by atoms with Crippen LogP contribution >= 0.6 is 0 Å². The molecule has 0 saturated carbocycles. The number of rotatable bonds is 6. The van der Waals surface area contributed by atoms with Gasteiger partial charge in [0, 0.05) is 12.0 Å². The van der Waals surface area contributed by atoms with Gasteiger partial charge in [0.05, 0.1) is 6.61 Å². The molecule has 0 saturated heterocycles. The van der Waals surface area contributed by atoms with E-state index in [1.165, 1.54) is 0 Å². The predicted octanol–water partition coefficient (Wildman–Crippen LogP) is 0.589. The number of ketones is 1. The minimum absolute atomic E-state index is 0.00643. The minimum Gasteiger partial charge on any atom is -0.491 e. The lowest BCUT2D eigenvalue weighted by Gasteiger charge is -2.05. The Labute approximate surface area is 88.7 Å². The summed E-state index contributed by atoms with van der Waals surface area (Å²) in [5, 5.41) is 8.58. The molecule has 0 aromatic heterocycles. The lowest BCUT2D eigenvalue weighted by atomic mass is 10.1. The quantitative estimate of drug-likeness (QED) is 0.672. The fraction of sp³-hybridized carbons (Fsp3) is 0.364. The minimum atomic E-state index is -0.0407. The van der Waals surface area contributed by atoms with Crippen molar-refractivity contribution in [2.45, 2.75) is 6.42 Å². The summed E-state index contributed by atoms with van der Waals surface area (Å²) in [5.74, 6) is 0.596. The van der Waals surface area contributed by atoms with Crippen molar-refractivity contribution in [3.63, 3.8) is 0 Å². The SMILES string of the molecule is NCCC(=O)c1cccc(OCCO)c1. The van der Waals surface area contributed by atoms with Crippen molar-refractivity contribution in [1.29, 1.82) is 0 Å². The summed E-state index contributed by atoms with van der Waals surface area (Å²) < 4.78 is 5.19. The van der Waals surface area contributed by atoms with E-state index in [0.717, 1.165) is 0 Å². The molecule has 82 valence electrons. The van der Waals surface area contributed by atoms with Gasteiger partial charge in [0.2, 0.25) is 0 Å². The maximum atomic E-state index is 11.5. The number of Topliss-reactive ketones (excluding diaryl/α,β-unsaturated/α-hetero) is 1. The fourth-order valence-electron chi connectivity index (χ4n) is 1.20. The number of hydrogen-bond donors (Lipinski definition) is 2. The molecule has 0 aliphatic rings. The van der Waals surface area contributed by atoms with Gasteiger partial charge in [-0.05, 0) is 18.7 Å². The summed E-state index contributed by atoms with van der Waals surface area (Å²) in [5.41, 5.74) is 5.89. The summed E-state index contributed by atoms with van der Waals surface area (Å²) in [6, 6.07) is 6.88. The molecule has 0 amide bonds. The van der Waals surface area contributed by atoms with Crippen molar-refractivity contribution < 1.29 is 14.6 Å². The van der Waals surface area contributed by atoms with Gasteiger partial charge in [-0.3, -0.25) is 4.79 Å². The van der Waals surface area contributed by atoms with Gasteiger partial charge in [0.1, 0.15) is 12.4 Å². The van der Waals surface area contributed by atoms with Crippen LogP contribution in [-0.2, 0) is 0 Å². The maximum Gasteiger partial charge on any atom is 0.164 e. The number of aliphatic hydroxyl groups is 1. The number of carbonyl (C=O) groups is 1. The lowest BCUT2D eigenvalue weighted by Crippen LogP contribution is -2.08. The summed E-state index contributed by atoms with van der Waals surface area (Å²) in [7, 11) is 0. The van der Waals surface area contributed by atoms with Crippen LogP contribution in [0.25, 0.3) is 0 Å². The zero-order valence-electron chi connectivity index (χ0n) is 8.48. The number of nitrogens with two attached hydrogens (primary N) is 1. The molecule has 4 heteroatoms. The Hall–Kier alpha value is -1.39. The lowest BCUT2D eigenvalue weighted by molar-refractivity contribution is 0.0985. The summed E-state index contributed by atoms with van der Waals surface area (Å²) >= 11 is 0. The Morgan fingerprint density at radius 2 is 2.27 bits per heavy atom. The highest BCUT2D eigenvalue weighted by Gasteiger charge is 2.05. The molecule has 0 radical (unpaired) electrons. The number of benzene rings is 1. The fourth-order valence-corrected chi connectivity index (χ4v) is 1.20. The standard InChI is InChI=1S/C11H15NO3/c12-5-4-11(14)9-2-1-3-10(8-9)15-7-6-13/h1-3,8,13H,4-7,12H2. The van der Waals surface area contributed by atoms with Crippen LogP contribution in [0, 0.1) is 0 Å². The number of hydrogen-bond acceptors (Lipinski definition) is 4. The first-order valence-electron chi connectivity index (χ1n) is 4.85. The highest BCUT2D eigenvalue weighted by molar-refractivity contribution is 5.96. The van der Waals surface area contributed by atoms with Crippen LogP contribution in [-0.4, -0.2) is 30.6 Å². The number of carbonyl (C=O) groups excluding carboxylic acids is 1. The van der Waals surface area contributed by atoms with Crippen LogP contribution in [0.2, 0.25) is 0 Å². The Kier molecular flexibility index (Phi) is 4.80. The Morgan fingerprint density at radius 3 is 2.93 bits per heavy atom. The molecule has 1 aromatic rings. The van der Waals surface area contributed by atoms with E-state index in [9.17, 15) is 4.79 Å². The Balaban J connectivity index is 2.69. The van der Waals surface area contributed by atoms with Crippen molar-refractivity contribution in [3.05, 3.63) is 29.8 Å². The van der Waals surface area contributed by atoms with E-state index < -0.39 is 0 Å². The Bertz CT molecular complexity index is 325. The van der Waals surface area contributed by atoms with E-state index in [-0.39, 0.29) is 19.0 Å². The van der Waals surface area contributed by atoms with Crippen molar-refractivity contribution in [2.75, 3.05) is 19.8 Å². The maximum absolute atomic E-state index is 11.5. The van der Waals surface area contributed by atoms with E-state index in [0.29, 0.717) is 24.3 Å². The molecule has 0 atom stereocenters. The van der Waals surface area contributed by atoms with Crippen molar-refractivity contribution in [3.8, 4) is 5.75 Å². The predicted molar refractivity (Wildman–Crippen MR) is 57.0 cm³/mol. The first kappa shape index (κ1) is 11.7. The van der Waals surface area contributed by atoms with Gasteiger partial charge >= 0.3 is 0 Å². The van der Waals surface area contributed by atoms with Gasteiger partial charge in [-0.2, -0.15) is 0 Å². The molecule has 4 nitrogen and oxygen atoms in total. The second kappa shape index (κ2) is 6.16. The third-order valence-corrected chi connectivity index (χ3v) is 1.89. The average Bonchev–Trinajstić information content (AvgIpc) is 2.27. The van der Waals surface area contributed by atoms with Crippen molar-refractivity contribution in [2.24, 2.45) is 5.73 Å². The topological polar surface area (TPSA) is 72.6 Å². The molecular weight excluding hydrogens is 194 g/mol. The zero-order valence-corrected chi connectivity index (χ0v) is 8.48. The smallest absolute Gasteiger partial charge is 0.164 e. The van der Waals surface area contributed by atoms with E-state index >= 15 is 0 Å². The number of aliphatic hydroxyl groups excluding tert-OH is 1. The summed E-state index contributed by atoms with van der Waals surface area (Å²) in [6.07, 6.45) is 0.337. The molecule has 0 aliphatic heterocycles. The molecule has 0 aliphatic carbocycles. The number of ether oxygens (including phenoxy) is 1. The zero-order chi connectivity index (χ0) is 11.1. The normalized spacial score (nSPS) is 10.0. The first-order chi connectivity index (χ1) is 7.27. The van der Waals surface area contributed by atoms with E-state index in [4.69, 9.17) is 15.6 Å². The third-order valence-electron chi connectivity index (χ3n) is 1.89. The van der Waals surface area contributed by atoms with Gasteiger partial charge < -0.3 is 15.6 Å². The van der Waals surface area contributed by atoms with E-state index in [1.807, 2.05) is 0 Å². The van der Waals surface area contributed by atoms with Crippen LogP contribution < -0.4 is 10.5 Å². The van der Waals surface area contributed by atoms with Crippen molar-refractivity contribution in [1.82, 2.24) is 0 Å². The second-order valence-electron chi connectivity index (χ2n) is 3.06. The van der Waals surface area contributed by atoms with Crippen LogP contribution in [0.3, 0.4) is 0 Å². The Morgan fingerprint density at radius 1 is 1.47 bits per heavy atom. The van der Waals surface area contributed by atoms with Gasteiger partial charge in [-0.15, -0.1) is 0 Å². The summed E-state index contributed by atoms with van der Waals surface area (Å²) in [4.78, 5) is 11.5. The van der Waals surface area contributed by atoms with Crippen LogP contribution in [0.5, 0.6) is 5.75 Å². The molecule has 3 N–H and O–H groups in total. The van der Waals surface area contributed by atoms with Gasteiger partial charge in [-0.25, -0.2) is 0 Å². The second-order valence-corrected chi connectivity index (χ2v) is 3.06. The molecule has 15 heavy (non-hydrogen) atoms. The molecule has 1 rings (SSSR count). The molecule has 1 aromatic carbocycles. The first-order valence-corrected chi connectivity index (χ1v) is 4.85. The van der Waals surface area contributed by atoms with Gasteiger partial charge in [0.25, 0.3) is 0 Å². The molecule has 0 bridgehead atoms. The highest BCUT2D eigenvalue weighted by atomic mass is 16.5. The largest absolute Gasteiger partial charge is 0.491 e. The molecule has 0 unspecified atom stereocenters. The van der Waals surface area contributed by atoms with E-state index in [2.05, 4.69) is 0 Å². The van der Waals surface area contributed by atoms with Crippen LogP contribution in [0.4, 0.5) is 0 Å². The van der Waals surface area contributed by atoms with Crippen LogP contribution in [0.15, 0.2) is 24.3 Å². The monoisotopic (exact) mass is 209 g/mol. The molecule has 0 fully saturated rings. The summed E-state index contributed by atoms with van der Waals surface area (Å²) in [6.45, 7) is 0.538. The van der Waals surface area contributed by atoms with Crippen molar-refractivity contribution >= 4 is 5.78 Å². The van der Waals surface area contributed by atoms with Gasteiger partial charge in [0.15, 0.2) is 5.78 Å². The third kappa shape index (κ3) is 3.69. The van der Waals surface area contributed by atoms with Gasteiger partial charge in [-0.1, -0.05) is 12.1 Å². The molecule has 0 spiro atoms. The molecular formula is C11H15NO3. The molecule has 0 heterocycles. The highest BCUT2D eigenvalue weighted by Crippen LogP contribution is 2.14. The average molecular weight is 209 g/mol. The van der Waals surface area contributed by atoms with E-state index in [1.54, 1.807) is 24.3 Å². The van der Waals surface area contributed by atoms with Crippen LogP contribution in [0.1, 0.15) is 16.8 Å².